The third kappa shape index (κ3) is 2.23. The Bertz CT molecular complexity index is 466. The van der Waals surface area contributed by atoms with Crippen LogP contribution in [0.3, 0.4) is 0 Å². The molecule has 18 heavy (non-hydrogen) atoms. The number of anilines is 1. The van der Waals surface area contributed by atoms with E-state index < -0.39 is 11.9 Å². The highest BCUT2D eigenvalue weighted by atomic mass is 16.4. The highest BCUT2D eigenvalue weighted by molar-refractivity contribution is 5.96. The molecule has 1 N–H and O–H groups in total. The Kier molecular flexibility index (Phi) is 3.36. The molecule has 4 nitrogen and oxygen atoms in total. The lowest BCUT2D eigenvalue weighted by atomic mass is 10.0. The van der Waals surface area contributed by atoms with Crippen LogP contribution in [0.2, 0.25) is 0 Å². The minimum Gasteiger partial charge on any atom is -0.481 e. The maximum atomic E-state index is 11.9. The Balaban J connectivity index is 2.18. The number of nitrogens with zero attached hydrogens (tertiary/aromatic N) is 1. The first-order chi connectivity index (χ1) is 8.50. The fraction of sp³-hybridized carbons (Fsp3) is 0.429. The number of aliphatic carboxylic acids is 1. The Hall–Kier alpha value is -1.84. The van der Waals surface area contributed by atoms with E-state index in [2.05, 4.69) is 0 Å². The summed E-state index contributed by atoms with van der Waals surface area (Å²) < 4.78 is 0. The molecule has 0 aromatic heterocycles. The summed E-state index contributed by atoms with van der Waals surface area (Å²) in [5.74, 6) is -1.13. The van der Waals surface area contributed by atoms with Gasteiger partial charge in [0.25, 0.3) is 0 Å². The van der Waals surface area contributed by atoms with Crippen LogP contribution < -0.4 is 4.90 Å². The third-order valence-electron chi connectivity index (χ3n) is 3.55. The number of hydrogen-bond donors (Lipinski definition) is 1. The molecule has 2 atom stereocenters. The lowest BCUT2D eigenvalue weighted by molar-refractivity contribution is -0.138. The van der Waals surface area contributed by atoms with Crippen LogP contribution in [0.1, 0.15) is 31.7 Å². The van der Waals surface area contributed by atoms with Gasteiger partial charge in [0.1, 0.15) is 0 Å². The van der Waals surface area contributed by atoms with Crippen molar-refractivity contribution < 1.29 is 14.7 Å². The Morgan fingerprint density at radius 1 is 1.39 bits per heavy atom. The van der Waals surface area contributed by atoms with E-state index in [1.165, 1.54) is 0 Å². The Labute approximate surface area is 106 Å². The molecule has 2 unspecified atom stereocenters. The van der Waals surface area contributed by atoms with Crippen LogP contribution in [0.15, 0.2) is 24.3 Å². The summed E-state index contributed by atoms with van der Waals surface area (Å²) in [6.07, 6.45) is 0.881. The summed E-state index contributed by atoms with van der Waals surface area (Å²) in [4.78, 5) is 24.5. The SMILES string of the molecule is CC1CCN(c2ccc(C(C)C(=O)O)cc2)C1=O. The van der Waals surface area contributed by atoms with E-state index in [1.54, 1.807) is 24.0 Å². The summed E-state index contributed by atoms with van der Waals surface area (Å²) in [7, 11) is 0. The Morgan fingerprint density at radius 3 is 2.44 bits per heavy atom. The van der Waals surface area contributed by atoms with Gasteiger partial charge in [-0.05, 0) is 31.0 Å². The molecule has 1 saturated heterocycles. The van der Waals surface area contributed by atoms with Crippen LogP contribution >= 0.6 is 0 Å². The molecule has 0 aliphatic carbocycles. The van der Waals surface area contributed by atoms with E-state index in [1.807, 2.05) is 19.1 Å². The molecular weight excluding hydrogens is 230 g/mol. The number of carbonyl (C=O) groups excluding carboxylic acids is 1. The molecule has 4 heteroatoms. The average Bonchev–Trinajstić information content (AvgIpc) is 2.69. The van der Waals surface area contributed by atoms with Crippen molar-refractivity contribution in [2.45, 2.75) is 26.2 Å². The predicted octanol–water partition coefficient (Wildman–Crippen LogP) is 2.25. The van der Waals surface area contributed by atoms with Crippen LogP contribution in [0.5, 0.6) is 0 Å². The van der Waals surface area contributed by atoms with Gasteiger partial charge in [-0.15, -0.1) is 0 Å². The molecule has 1 aromatic carbocycles. The molecule has 0 spiro atoms. The quantitative estimate of drug-likeness (QED) is 0.891. The summed E-state index contributed by atoms with van der Waals surface area (Å²) in [6.45, 7) is 4.33. The second-order valence-electron chi connectivity index (χ2n) is 4.83. The topological polar surface area (TPSA) is 57.6 Å². The van der Waals surface area contributed by atoms with Crippen LogP contribution in [0, 0.1) is 5.92 Å². The summed E-state index contributed by atoms with van der Waals surface area (Å²) >= 11 is 0. The molecule has 1 aliphatic heterocycles. The number of rotatable bonds is 3. The molecule has 1 aliphatic rings. The summed E-state index contributed by atoms with van der Waals surface area (Å²) in [5, 5.41) is 8.93. The van der Waals surface area contributed by atoms with Gasteiger partial charge in [-0.1, -0.05) is 19.1 Å². The first-order valence-corrected chi connectivity index (χ1v) is 6.15. The van der Waals surface area contributed by atoms with Crippen LogP contribution in [-0.2, 0) is 9.59 Å². The van der Waals surface area contributed by atoms with Gasteiger partial charge in [-0.2, -0.15) is 0 Å². The number of hydrogen-bond acceptors (Lipinski definition) is 2. The van der Waals surface area contributed by atoms with Gasteiger partial charge < -0.3 is 10.0 Å². The van der Waals surface area contributed by atoms with Gasteiger partial charge in [0.05, 0.1) is 5.92 Å². The van der Waals surface area contributed by atoms with Crippen molar-refractivity contribution in [2.24, 2.45) is 5.92 Å². The minimum atomic E-state index is -0.839. The van der Waals surface area contributed by atoms with E-state index in [9.17, 15) is 9.59 Å². The van der Waals surface area contributed by atoms with Gasteiger partial charge in [0.2, 0.25) is 5.91 Å². The first kappa shape index (κ1) is 12.6. The maximum Gasteiger partial charge on any atom is 0.310 e. The number of carboxylic acid groups (broad SMARTS) is 1. The highest BCUT2D eigenvalue weighted by Gasteiger charge is 2.28. The van der Waals surface area contributed by atoms with Gasteiger partial charge >= 0.3 is 5.97 Å². The average molecular weight is 247 g/mol. The molecule has 2 rings (SSSR count). The molecule has 0 saturated carbocycles. The molecule has 1 fully saturated rings. The fourth-order valence-electron chi connectivity index (χ4n) is 2.16. The lowest BCUT2D eigenvalue weighted by Gasteiger charge is -2.17. The lowest BCUT2D eigenvalue weighted by Crippen LogP contribution is -2.26. The van der Waals surface area contributed by atoms with Crippen molar-refractivity contribution in [3.63, 3.8) is 0 Å². The zero-order valence-corrected chi connectivity index (χ0v) is 10.6. The second-order valence-corrected chi connectivity index (χ2v) is 4.83. The smallest absolute Gasteiger partial charge is 0.310 e. The van der Waals surface area contributed by atoms with Crippen LogP contribution in [0.4, 0.5) is 5.69 Å². The second kappa shape index (κ2) is 4.80. The normalized spacial score (nSPS) is 21.1. The van der Waals surface area contributed by atoms with Crippen molar-refractivity contribution >= 4 is 17.6 Å². The zero-order chi connectivity index (χ0) is 13.3. The zero-order valence-electron chi connectivity index (χ0n) is 10.6. The predicted molar refractivity (Wildman–Crippen MR) is 68.6 cm³/mol. The number of carbonyl (C=O) groups is 2. The van der Waals surface area contributed by atoms with Crippen LogP contribution in [-0.4, -0.2) is 23.5 Å². The maximum absolute atomic E-state index is 11.9. The number of amides is 1. The number of carboxylic acids is 1. The van der Waals surface area contributed by atoms with E-state index in [0.717, 1.165) is 24.2 Å². The molecule has 1 aromatic rings. The van der Waals surface area contributed by atoms with Gasteiger partial charge in [0, 0.05) is 18.2 Å². The van der Waals surface area contributed by atoms with E-state index in [4.69, 9.17) is 5.11 Å². The van der Waals surface area contributed by atoms with E-state index in [-0.39, 0.29) is 11.8 Å². The Morgan fingerprint density at radius 2 is 2.00 bits per heavy atom. The van der Waals surface area contributed by atoms with Crippen molar-refractivity contribution in [1.29, 1.82) is 0 Å². The van der Waals surface area contributed by atoms with Crippen LogP contribution in [0.25, 0.3) is 0 Å². The van der Waals surface area contributed by atoms with Crippen molar-refractivity contribution in [3.05, 3.63) is 29.8 Å². The number of benzene rings is 1. The molecule has 0 bridgehead atoms. The molecule has 1 amide bonds. The molecule has 0 radical (unpaired) electrons. The standard InChI is InChI=1S/C14H17NO3/c1-9-7-8-15(13(9)16)12-5-3-11(4-6-12)10(2)14(17)18/h3-6,9-10H,7-8H2,1-2H3,(H,17,18). The highest BCUT2D eigenvalue weighted by Crippen LogP contribution is 2.26. The summed E-state index contributed by atoms with van der Waals surface area (Å²) in [5.41, 5.74) is 1.61. The van der Waals surface area contributed by atoms with Crippen molar-refractivity contribution in [1.82, 2.24) is 0 Å². The van der Waals surface area contributed by atoms with Gasteiger partial charge in [-0.25, -0.2) is 0 Å². The molecule has 96 valence electrons. The van der Waals surface area contributed by atoms with E-state index in [0.29, 0.717) is 0 Å². The fourth-order valence-corrected chi connectivity index (χ4v) is 2.16. The first-order valence-electron chi connectivity index (χ1n) is 6.15. The minimum absolute atomic E-state index is 0.0858. The third-order valence-corrected chi connectivity index (χ3v) is 3.55. The molecular formula is C14H17NO3. The largest absolute Gasteiger partial charge is 0.481 e. The van der Waals surface area contributed by atoms with Gasteiger partial charge in [0.15, 0.2) is 0 Å². The van der Waals surface area contributed by atoms with Crippen molar-refractivity contribution in [3.8, 4) is 0 Å². The van der Waals surface area contributed by atoms with Gasteiger partial charge in [-0.3, -0.25) is 9.59 Å². The molecule has 1 heterocycles. The van der Waals surface area contributed by atoms with Crippen molar-refractivity contribution in [2.75, 3.05) is 11.4 Å². The van der Waals surface area contributed by atoms with E-state index >= 15 is 0 Å². The monoisotopic (exact) mass is 247 g/mol. The summed E-state index contributed by atoms with van der Waals surface area (Å²) in [6, 6.07) is 7.21.